The molecule has 0 unspecified atom stereocenters. The average molecular weight is 648 g/mol. The molecule has 6 rings (SSSR count). The molecule has 1 amide bonds. The van der Waals surface area contributed by atoms with Gasteiger partial charge in [-0.1, -0.05) is 30.3 Å². The Labute approximate surface area is 274 Å². The van der Waals surface area contributed by atoms with Crippen LogP contribution in [-0.4, -0.2) is 80.3 Å². The number of pyridine rings is 1. The summed E-state index contributed by atoms with van der Waals surface area (Å²) in [5.41, 5.74) is 2.87. The molecule has 0 saturated carbocycles. The van der Waals surface area contributed by atoms with E-state index in [2.05, 4.69) is 9.88 Å². The molecule has 0 radical (unpaired) electrons. The maximum absolute atomic E-state index is 15.8. The second kappa shape index (κ2) is 13.5. The zero-order valence-electron chi connectivity index (χ0n) is 27.5. The van der Waals surface area contributed by atoms with E-state index in [1.54, 1.807) is 37.6 Å². The third-order valence-electron chi connectivity index (χ3n) is 9.14. The maximum Gasteiger partial charge on any atom is 0.410 e. The Hall–Kier alpha value is -4.25. The van der Waals surface area contributed by atoms with Gasteiger partial charge in [-0.15, -0.1) is 0 Å². The number of piperidine rings is 2. The molecule has 0 spiro atoms. The first kappa shape index (κ1) is 32.7. The van der Waals surface area contributed by atoms with Gasteiger partial charge in [0.15, 0.2) is 0 Å². The number of hydrogen-bond donors (Lipinski definition) is 1. The summed E-state index contributed by atoms with van der Waals surface area (Å²) < 4.78 is 44.2. The van der Waals surface area contributed by atoms with E-state index < -0.39 is 17.9 Å². The summed E-state index contributed by atoms with van der Waals surface area (Å²) in [7, 11) is 1.83. The van der Waals surface area contributed by atoms with Crippen LogP contribution in [0.5, 0.6) is 11.8 Å². The van der Waals surface area contributed by atoms with E-state index in [4.69, 9.17) is 14.6 Å². The van der Waals surface area contributed by atoms with Crippen LogP contribution in [0.3, 0.4) is 0 Å². The van der Waals surface area contributed by atoms with Crippen LogP contribution in [0.4, 0.5) is 13.6 Å². The quantitative estimate of drug-likeness (QED) is 0.235. The first-order valence-corrected chi connectivity index (χ1v) is 16.3. The number of fused-ring (bicyclic) bond motifs is 1. The summed E-state index contributed by atoms with van der Waals surface area (Å²) in [6.45, 7) is 8.33. The highest BCUT2D eigenvalue weighted by molar-refractivity contribution is 5.95. The number of amides is 1. The van der Waals surface area contributed by atoms with Gasteiger partial charge in [0.25, 0.3) is 0 Å². The molecule has 2 aromatic heterocycles. The minimum Gasteiger partial charge on any atom is -0.493 e. The Bertz CT molecular complexity index is 1720. The Balaban J connectivity index is 1.12. The van der Waals surface area contributed by atoms with Gasteiger partial charge in [0.1, 0.15) is 29.9 Å². The number of hydrogen-bond acceptors (Lipinski definition) is 7. The van der Waals surface area contributed by atoms with Gasteiger partial charge < -0.3 is 24.4 Å². The van der Waals surface area contributed by atoms with Crippen LogP contribution in [0, 0.1) is 11.7 Å². The summed E-state index contributed by atoms with van der Waals surface area (Å²) in [6.07, 6.45) is 0.543. The van der Waals surface area contributed by atoms with Crippen LogP contribution >= 0.6 is 0 Å². The highest BCUT2D eigenvalue weighted by atomic mass is 19.1. The summed E-state index contributed by atoms with van der Waals surface area (Å²) in [5.74, 6) is -0.365. The fraction of sp³-hybridized carbons (Fsp3) is 0.472. The summed E-state index contributed by atoms with van der Waals surface area (Å²) in [5, 5.41) is 15.5. The molecular formula is C36H43F2N5O4. The van der Waals surface area contributed by atoms with Crippen molar-refractivity contribution in [3.8, 4) is 23.0 Å². The van der Waals surface area contributed by atoms with Crippen LogP contribution in [0.1, 0.15) is 57.1 Å². The number of ether oxygens (including phenoxy) is 2. The molecule has 250 valence electrons. The second-order valence-electron chi connectivity index (χ2n) is 13.7. The monoisotopic (exact) mass is 647 g/mol. The van der Waals surface area contributed by atoms with Crippen molar-refractivity contribution >= 4 is 17.0 Å². The molecule has 0 bridgehead atoms. The van der Waals surface area contributed by atoms with E-state index in [1.165, 1.54) is 11.0 Å². The van der Waals surface area contributed by atoms with Crippen molar-refractivity contribution in [2.45, 2.75) is 64.3 Å². The highest BCUT2D eigenvalue weighted by Gasteiger charge is 2.35. The van der Waals surface area contributed by atoms with Crippen molar-refractivity contribution in [3.63, 3.8) is 0 Å². The zero-order valence-corrected chi connectivity index (χ0v) is 27.5. The topological polar surface area (TPSA) is 93.0 Å². The molecule has 1 N–H and O–H groups in total. The number of carbonyl (C=O) groups excluding carboxylic acids is 1. The number of benzene rings is 2. The van der Waals surface area contributed by atoms with Gasteiger partial charge >= 0.3 is 6.09 Å². The molecule has 2 aromatic carbocycles. The predicted octanol–water partition coefficient (Wildman–Crippen LogP) is 6.83. The minimum absolute atomic E-state index is 0.0318. The number of aryl methyl sites for hydroxylation is 1. The molecule has 2 aliphatic rings. The van der Waals surface area contributed by atoms with Gasteiger partial charge in [0, 0.05) is 37.5 Å². The molecule has 2 saturated heterocycles. The lowest BCUT2D eigenvalue weighted by atomic mass is 9.87. The first-order chi connectivity index (χ1) is 22.4. The molecule has 4 heterocycles. The van der Waals surface area contributed by atoms with Gasteiger partial charge in [-0.2, -0.15) is 10.1 Å². The van der Waals surface area contributed by atoms with Crippen LogP contribution in [0.15, 0.2) is 54.6 Å². The van der Waals surface area contributed by atoms with Crippen molar-refractivity contribution in [3.05, 3.63) is 71.5 Å². The van der Waals surface area contributed by atoms with Gasteiger partial charge in [0.2, 0.25) is 11.8 Å². The molecule has 2 fully saturated rings. The van der Waals surface area contributed by atoms with Crippen LogP contribution in [-0.2, 0) is 18.4 Å². The van der Waals surface area contributed by atoms with Crippen molar-refractivity contribution in [2.24, 2.45) is 13.0 Å². The minimum atomic E-state index is -1.11. The van der Waals surface area contributed by atoms with Gasteiger partial charge in [-0.3, -0.25) is 4.68 Å². The lowest BCUT2D eigenvalue weighted by molar-refractivity contribution is 0.000703. The molecule has 11 heteroatoms. The normalized spacial score (nSPS) is 19.7. The van der Waals surface area contributed by atoms with E-state index in [-0.39, 0.29) is 42.6 Å². The molecule has 9 nitrogen and oxygen atoms in total. The summed E-state index contributed by atoms with van der Waals surface area (Å²) in [6, 6.07) is 16.2. The number of aromatic hydroxyl groups is 1. The summed E-state index contributed by atoms with van der Waals surface area (Å²) >= 11 is 0. The van der Waals surface area contributed by atoms with Gasteiger partial charge in [-0.05, 0) is 88.4 Å². The van der Waals surface area contributed by atoms with E-state index in [0.717, 1.165) is 37.0 Å². The van der Waals surface area contributed by atoms with E-state index in [1.807, 2.05) is 43.4 Å². The average Bonchev–Trinajstić information content (AvgIpc) is 3.35. The van der Waals surface area contributed by atoms with E-state index in [0.29, 0.717) is 41.7 Å². The third-order valence-corrected chi connectivity index (χ3v) is 9.14. The number of likely N-dealkylation sites (tertiary alicyclic amines) is 2. The van der Waals surface area contributed by atoms with E-state index >= 15 is 8.78 Å². The molecule has 47 heavy (non-hydrogen) atoms. The Morgan fingerprint density at radius 3 is 2.49 bits per heavy atom. The SMILES string of the molecule is Cn1nc(-c2ccc(O)nc2OCc2ccccc2)c2cc(F)c(C3CCN(C[C@@H]4CCN(C(=O)OC(C)(C)C)C[C@@H]4F)CC3)cc21. The van der Waals surface area contributed by atoms with Crippen molar-refractivity contribution in [1.82, 2.24) is 24.6 Å². The second-order valence-corrected chi connectivity index (χ2v) is 13.7. The summed E-state index contributed by atoms with van der Waals surface area (Å²) in [4.78, 5) is 20.4. The number of carbonyl (C=O) groups is 1. The number of nitrogens with zero attached hydrogens (tertiary/aromatic N) is 5. The molecule has 2 aliphatic heterocycles. The van der Waals surface area contributed by atoms with Gasteiger partial charge in [0.05, 0.1) is 17.6 Å². The van der Waals surface area contributed by atoms with E-state index in [9.17, 15) is 9.90 Å². The number of rotatable bonds is 7. The lowest BCUT2D eigenvalue weighted by Gasteiger charge is -2.39. The Morgan fingerprint density at radius 2 is 1.79 bits per heavy atom. The zero-order chi connectivity index (χ0) is 33.3. The highest BCUT2D eigenvalue weighted by Crippen LogP contribution is 2.38. The maximum atomic E-state index is 15.8. The van der Waals surface area contributed by atoms with Crippen LogP contribution in [0.25, 0.3) is 22.2 Å². The molecule has 2 atom stereocenters. The van der Waals surface area contributed by atoms with Crippen LogP contribution < -0.4 is 4.74 Å². The van der Waals surface area contributed by atoms with Gasteiger partial charge in [-0.25, -0.2) is 13.6 Å². The van der Waals surface area contributed by atoms with Crippen molar-refractivity contribution < 1.29 is 28.2 Å². The fourth-order valence-corrected chi connectivity index (χ4v) is 6.66. The standard InChI is InChI=1S/C36H43F2N5O4/c1-36(2,3)47-35(45)43-17-14-25(30(38)21-43)20-42-15-12-24(13-16-42)27-19-31-28(18-29(27)37)33(40-41(31)4)26-10-11-32(44)39-34(26)46-22-23-8-6-5-7-9-23/h5-11,18-19,24-25,30H,12-17,20-22H2,1-4H3,(H,39,44)/t25-,30-/m0/s1. The molecule has 4 aromatic rings. The largest absolute Gasteiger partial charge is 0.493 e. The number of aromatic nitrogens is 3. The predicted molar refractivity (Wildman–Crippen MR) is 176 cm³/mol. The molecule has 0 aliphatic carbocycles. The molecular weight excluding hydrogens is 604 g/mol. The Kier molecular flexibility index (Phi) is 9.36. The van der Waals surface area contributed by atoms with Crippen molar-refractivity contribution in [2.75, 3.05) is 32.7 Å². The number of halogens is 2. The number of alkyl halides is 1. The first-order valence-electron chi connectivity index (χ1n) is 16.3. The smallest absolute Gasteiger partial charge is 0.410 e. The Morgan fingerprint density at radius 1 is 1.04 bits per heavy atom. The third kappa shape index (κ3) is 7.51. The van der Waals surface area contributed by atoms with Crippen LogP contribution in [0.2, 0.25) is 0 Å². The van der Waals surface area contributed by atoms with Crippen molar-refractivity contribution in [1.29, 1.82) is 0 Å². The lowest BCUT2D eigenvalue weighted by Crippen LogP contribution is -2.50. The fourth-order valence-electron chi connectivity index (χ4n) is 6.66.